The Morgan fingerprint density at radius 3 is 2.24 bits per heavy atom. The molecule has 0 saturated heterocycles. The molecule has 1 amide bonds. The van der Waals surface area contributed by atoms with Crippen molar-refractivity contribution < 1.29 is 17.9 Å². The number of anilines is 1. The van der Waals surface area contributed by atoms with Crippen LogP contribution in [-0.4, -0.2) is 20.4 Å². The highest BCUT2D eigenvalue weighted by atomic mass is 35.5. The summed E-state index contributed by atoms with van der Waals surface area (Å²) < 4.78 is 33.1. The summed E-state index contributed by atoms with van der Waals surface area (Å²) in [5.74, 6) is 0.539. The van der Waals surface area contributed by atoms with Gasteiger partial charge < -0.3 is 10.1 Å². The van der Waals surface area contributed by atoms with Crippen LogP contribution in [0.3, 0.4) is 0 Å². The van der Waals surface area contributed by atoms with Crippen LogP contribution in [0.25, 0.3) is 0 Å². The van der Waals surface area contributed by atoms with Crippen molar-refractivity contribution in [2.24, 2.45) is 0 Å². The molecule has 0 unspecified atom stereocenters. The van der Waals surface area contributed by atoms with E-state index in [0.29, 0.717) is 22.2 Å². The fourth-order valence-corrected chi connectivity index (χ4v) is 3.81. The maximum absolute atomic E-state index is 12.6. The molecular formula is C21H19ClN2O4S. The van der Waals surface area contributed by atoms with Gasteiger partial charge in [0.2, 0.25) is 15.9 Å². The average Bonchev–Trinajstić information content (AvgIpc) is 2.70. The summed E-state index contributed by atoms with van der Waals surface area (Å²) in [4.78, 5) is 12.6. The SMILES string of the molecule is C[C@H](NS(=O)(=O)c1ccc(Cl)cc1)C(=O)Nc1ccccc1Oc1ccccc1. The largest absolute Gasteiger partial charge is 0.455 e. The van der Waals surface area contributed by atoms with Gasteiger partial charge in [-0.15, -0.1) is 0 Å². The van der Waals surface area contributed by atoms with Crippen LogP contribution in [-0.2, 0) is 14.8 Å². The zero-order chi connectivity index (χ0) is 20.9. The Balaban J connectivity index is 1.71. The summed E-state index contributed by atoms with van der Waals surface area (Å²) in [7, 11) is -3.87. The Kier molecular flexibility index (Phi) is 6.53. The predicted octanol–water partition coefficient (Wildman–Crippen LogP) is 4.44. The van der Waals surface area contributed by atoms with Crippen molar-refractivity contribution in [2.75, 3.05) is 5.32 Å². The Labute approximate surface area is 174 Å². The van der Waals surface area contributed by atoms with E-state index in [1.807, 2.05) is 18.2 Å². The molecule has 0 saturated carbocycles. The van der Waals surface area contributed by atoms with Crippen LogP contribution in [0.1, 0.15) is 6.92 Å². The summed E-state index contributed by atoms with van der Waals surface area (Å²) in [6, 6.07) is 20.7. The molecule has 29 heavy (non-hydrogen) atoms. The van der Waals surface area contributed by atoms with Gasteiger partial charge in [-0.25, -0.2) is 8.42 Å². The second-order valence-corrected chi connectivity index (χ2v) is 8.35. The second kappa shape index (κ2) is 9.09. The van der Waals surface area contributed by atoms with E-state index in [1.54, 1.807) is 36.4 Å². The van der Waals surface area contributed by atoms with Crippen molar-refractivity contribution in [3.63, 3.8) is 0 Å². The number of benzene rings is 3. The summed E-state index contributed by atoms with van der Waals surface area (Å²) in [6.45, 7) is 1.46. The van der Waals surface area contributed by atoms with Gasteiger partial charge in [0.15, 0.2) is 5.75 Å². The Hall–Kier alpha value is -2.87. The van der Waals surface area contributed by atoms with E-state index in [1.165, 1.54) is 31.2 Å². The van der Waals surface area contributed by atoms with Crippen molar-refractivity contribution in [1.82, 2.24) is 4.72 Å². The number of hydrogen-bond acceptors (Lipinski definition) is 4. The van der Waals surface area contributed by atoms with E-state index in [2.05, 4.69) is 10.0 Å². The van der Waals surface area contributed by atoms with Gasteiger partial charge in [0.25, 0.3) is 0 Å². The number of sulfonamides is 1. The zero-order valence-electron chi connectivity index (χ0n) is 15.5. The molecule has 3 aromatic carbocycles. The standard InChI is InChI=1S/C21H19ClN2O4S/c1-15(24-29(26,27)18-13-11-16(22)12-14-18)21(25)23-19-9-5-6-10-20(19)28-17-7-3-2-4-8-17/h2-15,24H,1H3,(H,23,25)/t15-/m0/s1. The summed E-state index contributed by atoms with van der Waals surface area (Å²) in [5, 5.41) is 3.12. The van der Waals surface area contributed by atoms with Crippen molar-refractivity contribution >= 4 is 33.2 Å². The van der Waals surface area contributed by atoms with Gasteiger partial charge in [-0.2, -0.15) is 4.72 Å². The molecule has 0 spiro atoms. The molecule has 0 bridgehead atoms. The van der Waals surface area contributed by atoms with Crippen LogP contribution in [0.2, 0.25) is 5.02 Å². The molecule has 0 aliphatic carbocycles. The van der Waals surface area contributed by atoms with E-state index in [0.717, 1.165) is 0 Å². The van der Waals surface area contributed by atoms with Gasteiger partial charge in [0.05, 0.1) is 16.6 Å². The van der Waals surface area contributed by atoms with Gasteiger partial charge in [-0.05, 0) is 55.5 Å². The molecule has 3 aromatic rings. The minimum Gasteiger partial charge on any atom is -0.455 e. The number of ether oxygens (including phenoxy) is 1. The number of hydrogen-bond donors (Lipinski definition) is 2. The highest BCUT2D eigenvalue weighted by molar-refractivity contribution is 7.89. The summed E-state index contributed by atoms with van der Waals surface area (Å²) >= 11 is 5.79. The monoisotopic (exact) mass is 430 g/mol. The number of carbonyl (C=O) groups excluding carboxylic acids is 1. The molecule has 0 aliphatic rings. The fraction of sp³-hybridized carbons (Fsp3) is 0.0952. The van der Waals surface area contributed by atoms with Crippen molar-refractivity contribution in [3.8, 4) is 11.5 Å². The third-order valence-electron chi connectivity index (χ3n) is 3.97. The molecule has 0 aliphatic heterocycles. The van der Waals surface area contributed by atoms with Crippen LogP contribution in [0, 0.1) is 0 Å². The Bertz CT molecular complexity index is 1090. The van der Waals surface area contributed by atoms with Crippen molar-refractivity contribution in [2.45, 2.75) is 17.9 Å². The van der Waals surface area contributed by atoms with E-state index in [-0.39, 0.29) is 4.90 Å². The lowest BCUT2D eigenvalue weighted by molar-refractivity contribution is -0.117. The molecule has 8 heteroatoms. The van der Waals surface area contributed by atoms with Crippen LogP contribution >= 0.6 is 11.6 Å². The molecule has 0 heterocycles. The second-order valence-electron chi connectivity index (χ2n) is 6.20. The molecule has 1 atom stereocenters. The van der Waals surface area contributed by atoms with E-state index >= 15 is 0 Å². The van der Waals surface area contributed by atoms with Gasteiger partial charge in [-0.3, -0.25) is 4.79 Å². The Morgan fingerprint density at radius 1 is 0.931 bits per heavy atom. The fourth-order valence-electron chi connectivity index (χ4n) is 2.48. The molecule has 0 aromatic heterocycles. The number of amides is 1. The first-order valence-corrected chi connectivity index (χ1v) is 10.6. The number of halogens is 1. The first kappa shape index (κ1) is 20.9. The highest BCUT2D eigenvalue weighted by Crippen LogP contribution is 2.29. The molecule has 2 N–H and O–H groups in total. The molecule has 6 nitrogen and oxygen atoms in total. The molecular weight excluding hydrogens is 412 g/mol. The average molecular weight is 431 g/mol. The molecule has 0 fully saturated rings. The number of para-hydroxylation sites is 3. The highest BCUT2D eigenvalue weighted by Gasteiger charge is 2.22. The molecule has 3 rings (SSSR count). The zero-order valence-corrected chi connectivity index (χ0v) is 17.1. The first-order valence-electron chi connectivity index (χ1n) is 8.76. The third kappa shape index (κ3) is 5.57. The van der Waals surface area contributed by atoms with Gasteiger partial charge >= 0.3 is 0 Å². The first-order chi connectivity index (χ1) is 13.8. The van der Waals surface area contributed by atoms with Gasteiger partial charge in [0, 0.05) is 5.02 Å². The minimum absolute atomic E-state index is 0.0226. The lowest BCUT2D eigenvalue weighted by Crippen LogP contribution is -2.41. The van der Waals surface area contributed by atoms with Crippen LogP contribution in [0.5, 0.6) is 11.5 Å². The normalized spacial score (nSPS) is 12.2. The van der Waals surface area contributed by atoms with E-state index < -0.39 is 22.0 Å². The molecule has 150 valence electrons. The Morgan fingerprint density at radius 2 is 1.55 bits per heavy atom. The lowest BCUT2D eigenvalue weighted by Gasteiger charge is -2.16. The van der Waals surface area contributed by atoms with Crippen molar-refractivity contribution in [3.05, 3.63) is 83.9 Å². The van der Waals surface area contributed by atoms with Crippen LogP contribution in [0.4, 0.5) is 5.69 Å². The number of nitrogens with one attached hydrogen (secondary N) is 2. The lowest BCUT2D eigenvalue weighted by atomic mass is 10.2. The maximum atomic E-state index is 12.6. The number of rotatable bonds is 7. The number of carbonyl (C=O) groups is 1. The quantitative estimate of drug-likeness (QED) is 0.580. The van der Waals surface area contributed by atoms with Crippen LogP contribution < -0.4 is 14.8 Å². The predicted molar refractivity (Wildman–Crippen MR) is 113 cm³/mol. The van der Waals surface area contributed by atoms with Crippen LogP contribution in [0.15, 0.2) is 83.8 Å². The minimum atomic E-state index is -3.87. The summed E-state index contributed by atoms with van der Waals surface area (Å²) in [6.07, 6.45) is 0. The molecule has 0 radical (unpaired) electrons. The van der Waals surface area contributed by atoms with Gasteiger partial charge in [-0.1, -0.05) is 41.9 Å². The van der Waals surface area contributed by atoms with Gasteiger partial charge in [0.1, 0.15) is 5.75 Å². The topological polar surface area (TPSA) is 84.5 Å². The van der Waals surface area contributed by atoms with E-state index in [4.69, 9.17) is 16.3 Å². The van der Waals surface area contributed by atoms with Crippen molar-refractivity contribution in [1.29, 1.82) is 0 Å². The summed E-state index contributed by atoms with van der Waals surface area (Å²) in [5.41, 5.74) is 0.430. The maximum Gasteiger partial charge on any atom is 0.242 e. The van der Waals surface area contributed by atoms with E-state index in [9.17, 15) is 13.2 Å². The smallest absolute Gasteiger partial charge is 0.242 e. The third-order valence-corrected chi connectivity index (χ3v) is 5.77.